The Bertz CT molecular complexity index is 1220. The van der Waals surface area contributed by atoms with Crippen LogP contribution in [0.2, 0.25) is 0 Å². The Kier molecular flexibility index (Phi) is 6.19. The van der Waals surface area contributed by atoms with E-state index in [1.54, 1.807) is 0 Å². The van der Waals surface area contributed by atoms with Crippen molar-refractivity contribution >= 4 is 28.1 Å². The van der Waals surface area contributed by atoms with E-state index in [4.69, 9.17) is 4.74 Å². The fourth-order valence-electron chi connectivity index (χ4n) is 5.86. The lowest BCUT2D eigenvalue weighted by molar-refractivity contribution is -0.203. The number of esters is 1. The van der Waals surface area contributed by atoms with E-state index in [1.165, 1.54) is 5.06 Å². The van der Waals surface area contributed by atoms with Gasteiger partial charge in [0.2, 0.25) is 0 Å². The van der Waals surface area contributed by atoms with Crippen molar-refractivity contribution in [2.75, 3.05) is 25.0 Å². The van der Waals surface area contributed by atoms with Gasteiger partial charge in [-0.2, -0.15) is 5.06 Å². The van der Waals surface area contributed by atoms with Crippen LogP contribution in [-0.4, -0.2) is 40.5 Å². The van der Waals surface area contributed by atoms with E-state index >= 15 is 0 Å². The second kappa shape index (κ2) is 9.28. The molecule has 3 heterocycles. The van der Waals surface area contributed by atoms with E-state index in [0.29, 0.717) is 18.7 Å². The van der Waals surface area contributed by atoms with Crippen molar-refractivity contribution in [1.29, 1.82) is 0 Å². The number of nitrogens with zero attached hydrogens (tertiary/aromatic N) is 2. The number of para-hydroxylation sites is 2. The molecule has 5 rings (SSSR count). The van der Waals surface area contributed by atoms with Gasteiger partial charge in [-0.3, -0.25) is 0 Å². The summed E-state index contributed by atoms with van der Waals surface area (Å²) in [4.78, 5) is 13.3. The van der Waals surface area contributed by atoms with Crippen LogP contribution in [0.4, 0.5) is 5.69 Å². The molecule has 0 saturated carbocycles. The number of nitrogens with one attached hydrogen (secondary N) is 1. The molecule has 0 unspecified atom stereocenters. The molecule has 178 valence electrons. The molecule has 1 fully saturated rings. The van der Waals surface area contributed by atoms with Crippen molar-refractivity contribution in [2.24, 2.45) is 5.41 Å². The smallest absolute Gasteiger partial charge is 0.339 e. The van der Waals surface area contributed by atoms with E-state index in [2.05, 4.69) is 47.1 Å². The Hall–Kier alpha value is -3.09. The maximum atomic E-state index is 13.3. The first-order chi connectivity index (χ1) is 16.6. The first-order valence-electron chi connectivity index (χ1n) is 12.4. The monoisotopic (exact) mass is 459 g/mol. The maximum Gasteiger partial charge on any atom is 0.339 e. The minimum Gasteiger partial charge on any atom is -0.462 e. The number of hydroxylamine groups is 2. The third kappa shape index (κ3) is 3.71. The quantitative estimate of drug-likeness (QED) is 0.448. The van der Waals surface area contributed by atoms with Crippen molar-refractivity contribution < 1.29 is 14.7 Å². The molecule has 6 nitrogen and oxygen atoms in total. The molecule has 1 saturated heterocycles. The van der Waals surface area contributed by atoms with E-state index in [-0.39, 0.29) is 17.6 Å². The van der Waals surface area contributed by atoms with Gasteiger partial charge in [0.1, 0.15) is 6.17 Å². The molecule has 0 spiro atoms. The van der Waals surface area contributed by atoms with Crippen LogP contribution in [0.3, 0.4) is 0 Å². The number of ether oxygens (including phenoxy) is 1. The molecule has 0 radical (unpaired) electrons. The number of hydrogen-bond donors (Lipinski definition) is 2. The molecule has 0 bridgehead atoms. The molecular formula is C28H33N3O3. The van der Waals surface area contributed by atoms with Crippen molar-refractivity contribution in [2.45, 2.75) is 45.7 Å². The van der Waals surface area contributed by atoms with Gasteiger partial charge in [-0.05, 0) is 56.4 Å². The summed E-state index contributed by atoms with van der Waals surface area (Å²) in [6, 6.07) is 18.4. The van der Waals surface area contributed by atoms with Gasteiger partial charge < -0.3 is 19.8 Å². The summed E-state index contributed by atoms with van der Waals surface area (Å²) in [7, 11) is 0. The first kappa shape index (κ1) is 22.7. The molecule has 1 aromatic heterocycles. The molecule has 0 amide bonds. The minimum atomic E-state index is -0.330. The summed E-state index contributed by atoms with van der Waals surface area (Å²) < 4.78 is 7.76. The molecule has 2 aliphatic rings. The standard InChI is InChI=1S/C28H33N3O3/c1-3-28-16-10-18-30(33)27(28)31-24-14-9-8-13-21(24)22(15-17-29-20-11-6-5-7-12-20)25(31)23(19-28)26(32)34-4-2/h5-9,11-14,19,27,29,33H,3-4,10,15-18H2,1-2H3/t27-,28+/m1/s1. The average Bonchev–Trinajstić information content (AvgIpc) is 3.18. The molecule has 0 aliphatic carbocycles. The number of benzene rings is 2. The fourth-order valence-corrected chi connectivity index (χ4v) is 5.86. The predicted molar refractivity (Wildman–Crippen MR) is 135 cm³/mol. The van der Waals surface area contributed by atoms with Crippen LogP contribution in [0, 0.1) is 5.41 Å². The van der Waals surface area contributed by atoms with Crippen molar-refractivity contribution in [3.05, 3.63) is 71.9 Å². The van der Waals surface area contributed by atoms with Crippen LogP contribution in [0.15, 0.2) is 60.7 Å². The van der Waals surface area contributed by atoms with Gasteiger partial charge in [0, 0.05) is 29.6 Å². The Morgan fingerprint density at radius 1 is 1.15 bits per heavy atom. The van der Waals surface area contributed by atoms with Crippen LogP contribution in [-0.2, 0) is 16.0 Å². The summed E-state index contributed by atoms with van der Waals surface area (Å²) >= 11 is 0. The highest BCUT2D eigenvalue weighted by atomic mass is 16.5. The molecule has 2 aliphatic heterocycles. The molecule has 2 atom stereocenters. The van der Waals surface area contributed by atoms with E-state index in [0.717, 1.165) is 60.1 Å². The molecule has 6 heteroatoms. The largest absolute Gasteiger partial charge is 0.462 e. The summed E-state index contributed by atoms with van der Waals surface area (Å²) in [5, 5.41) is 17.2. The molecule has 3 aromatic rings. The lowest BCUT2D eigenvalue weighted by Crippen LogP contribution is -2.49. The lowest BCUT2D eigenvalue weighted by Gasteiger charge is -2.49. The number of carbonyl (C=O) groups is 1. The molecule has 34 heavy (non-hydrogen) atoms. The molecule has 2 N–H and O–H groups in total. The highest BCUT2D eigenvalue weighted by Crippen LogP contribution is 2.53. The third-order valence-electron chi connectivity index (χ3n) is 7.40. The SMILES string of the molecule is CCOC(=O)C1=C[C@]2(CC)CCCN(O)[C@@H]2n2c1c(CCNc1ccccc1)c1ccccc12. The van der Waals surface area contributed by atoms with E-state index < -0.39 is 0 Å². The fraction of sp³-hybridized carbons (Fsp3) is 0.393. The lowest BCUT2D eigenvalue weighted by atomic mass is 9.71. The van der Waals surface area contributed by atoms with E-state index in [9.17, 15) is 10.0 Å². The Morgan fingerprint density at radius 3 is 2.68 bits per heavy atom. The number of hydrogen-bond acceptors (Lipinski definition) is 5. The zero-order valence-electron chi connectivity index (χ0n) is 20.0. The second-order valence-electron chi connectivity index (χ2n) is 9.26. The number of piperidine rings is 1. The van der Waals surface area contributed by atoms with Crippen LogP contribution < -0.4 is 5.32 Å². The van der Waals surface area contributed by atoms with Crippen LogP contribution in [0.5, 0.6) is 0 Å². The first-order valence-corrected chi connectivity index (χ1v) is 12.4. The molecular weight excluding hydrogens is 426 g/mol. The zero-order chi connectivity index (χ0) is 23.7. The van der Waals surface area contributed by atoms with Gasteiger partial charge in [-0.15, -0.1) is 0 Å². The average molecular weight is 460 g/mol. The van der Waals surface area contributed by atoms with Gasteiger partial charge in [0.05, 0.1) is 23.4 Å². The number of rotatable bonds is 7. The van der Waals surface area contributed by atoms with Gasteiger partial charge in [0.15, 0.2) is 0 Å². The summed E-state index contributed by atoms with van der Waals surface area (Å²) in [5.41, 5.74) is 4.40. The number of carbonyl (C=O) groups excluding carboxylic acids is 1. The van der Waals surface area contributed by atoms with Crippen molar-refractivity contribution in [3.8, 4) is 0 Å². The zero-order valence-corrected chi connectivity index (χ0v) is 20.0. The van der Waals surface area contributed by atoms with Crippen LogP contribution >= 0.6 is 0 Å². The highest BCUT2D eigenvalue weighted by molar-refractivity contribution is 6.18. The Morgan fingerprint density at radius 2 is 1.91 bits per heavy atom. The Balaban J connectivity index is 1.67. The second-order valence-corrected chi connectivity index (χ2v) is 9.26. The van der Waals surface area contributed by atoms with Gasteiger partial charge in [-0.1, -0.05) is 49.4 Å². The van der Waals surface area contributed by atoms with Gasteiger partial charge in [0.25, 0.3) is 0 Å². The molecule has 2 aromatic carbocycles. The highest BCUT2D eigenvalue weighted by Gasteiger charge is 2.49. The summed E-state index contributed by atoms with van der Waals surface area (Å²) in [6.07, 6.45) is 5.24. The van der Waals surface area contributed by atoms with Crippen LogP contribution in [0.25, 0.3) is 16.5 Å². The topological polar surface area (TPSA) is 66.7 Å². The van der Waals surface area contributed by atoms with Crippen LogP contribution in [0.1, 0.15) is 50.5 Å². The van der Waals surface area contributed by atoms with E-state index in [1.807, 2.05) is 37.3 Å². The minimum absolute atomic E-state index is 0.250. The maximum absolute atomic E-state index is 13.3. The van der Waals surface area contributed by atoms with Crippen molar-refractivity contribution in [1.82, 2.24) is 9.63 Å². The van der Waals surface area contributed by atoms with Gasteiger partial charge in [-0.25, -0.2) is 4.79 Å². The normalized spacial score (nSPS) is 22.1. The number of fused-ring (bicyclic) bond motifs is 5. The third-order valence-corrected chi connectivity index (χ3v) is 7.40. The predicted octanol–water partition coefficient (Wildman–Crippen LogP) is 5.64. The number of aromatic nitrogens is 1. The Labute approximate surface area is 200 Å². The van der Waals surface area contributed by atoms with Gasteiger partial charge >= 0.3 is 5.97 Å². The summed E-state index contributed by atoms with van der Waals surface area (Å²) in [5.74, 6) is -0.287. The summed E-state index contributed by atoms with van der Waals surface area (Å²) in [6.45, 7) is 5.66. The number of anilines is 1. The van der Waals surface area contributed by atoms with Crippen molar-refractivity contribution in [3.63, 3.8) is 0 Å².